The zero-order chi connectivity index (χ0) is 12.7. The molecule has 19 heavy (non-hydrogen) atoms. The summed E-state index contributed by atoms with van der Waals surface area (Å²) in [6.07, 6.45) is 3.56. The Bertz CT molecular complexity index is 590. The molecule has 104 valence electrons. The van der Waals surface area contributed by atoms with Gasteiger partial charge in [0.1, 0.15) is 10.3 Å². The first kappa shape index (κ1) is 14.9. The van der Waals surface area contributed by atoms with Gasteiger partial charge in [0.05, 0.1) is 11.7 Å². The van der Waals surface area contributed by atoms with Crippen LogP contribution in [0.15, 0.2) is 6.07 Å². The van der Waals surface area contributed by atoms with Crippen molar-refractivity contribution in [3.8, 4) is 0 Å². The van der Waals surface area contributed by atoms with E-state index < -0.39 is 0 Å². The maximum atomic E-state index is 6.24. The molecule has 1 aliphatic rings. The van der Waals surface area contributed by atoms with Gasteiger partial charge in [-0.05, 0) is 26.3 Å². The number of nitrogens with zero attached hydrogens (tertiary/aromatic N) is 3. The van der Waals surface area contributed by atoms with Crippen LogP contribution in [0.4, 0.5) is 0 Å². The van der Waals surface area contributed by atoms with Gasteiger partial charge < -0.3 is 5.32 Å². The third kappa shape index (κ3) is 2.68. The van der Waals surface area contributed by atoms with E-state index in [0.717, 1.165) is 24.2 Å². The molecule has 1 saturated heterocycles. The largest absolute Gasteiger partial charge is 0.309 e. The van der Waals surface area contributed by atoms with Gasteiger partial charge in [-0.15, -0.1) is 12.4 Å². The summed E-state index contributed by atoms with van der Waals surface area (Å²) in [4.78, 5) is 4.31. The summed E-state index contributed by atoms with van der Waals surface area (Å²) in [5.74, 6) is 0. The number of rotatable bonds is 1. The smallest absolute Gasteiger partial charge is 0.158 e. The minimum atomic E-state index is 0. The number of halogens is 3. The lowest BCUT2D eigenvalue weighted by molar-refractivity contribution is 0.404. The first-order valence-electron chi connectivity index (χ1n) is 6.11. The van der Waals surface area contributed by atoms with Gasteiger partial charge in [0.2, 0.25) is 0 Å². The zero-order valence-electron chi connectivity index (χ0n) is 10.5. The van der Waals surface area contributed by atoms with Crippen LogP contribution >= 0.6 is 35.6 Å². The van der Waals surface area contributed by atoms with Crippen molar-refractivity contribution in [3.63, 3.8) is 0 Å². The Morgan fingerprint density at radius 1 is 1.37 bits per heavy atom. The zero-order valence-corrected chi connectivity index (χ0v) is 12.8. The molecular formula is C12H15Cl3N4. The molecule has 2 aromatic rings. The highest BCUT2D eigenvalue weighted by molar-refractivity contribution is 6.34. The van der Waals surface area contributed by atoms with Gasteiger partial charge in [-0.25, -0.2) is 9.50 Å². The molecule has 0 saturated carbocycles. The third-order valence-corrected chi connectivity index (χ3v) is 4.21. The topological polar surface area (TPSA) is 42.2 Å². The molecule has 0 unspecified atom stereocenters. The normalized spacial score (nSPS) is 19.4. The van der Waals surface area contributed by atoms with Crippen molar-refractivity contribution in [1.29, 1.82) is 0 Å². The molecular weight excluding hydrogens is 307 g/mol. The van der Waals surface area contributed by atoms with Gasteiger partial charge in [-0.1, -0.05) is 29.6 Å². The highest BCUT2D eigenvalue weighted by atomic mass is 35.5. The molecule has 0 bridgehead atoms. The van der Waals surface area contributed by atoms with Crippen molar-refractivity contribution in [3.05, 3.63) is 27.6 Å². The lowest BCUT2D eigenvalue weighted by Crippen LogP contribution is -2.27. The summed E-state index contributed by atoms with van der Waals surface area (Å²) < 4.78 is 1.66. The van der Waals surface area contributed by atoms with E-state index in [4.69, 9.17) is 23.2 Å². The number of piperidine rings is 1. The van der Waals surface area contributed by atoms with Crippen LogP contribution in [-0.2, 0) is 0 Å². The molecule has 1 N–H and O–H groups in total. The molecule has 2 aromatic heterocycles. The summed E-state index contributed by atoms with van der Waals surface area (Å²) in [7, 11) is 0. The van der Waals surface area contributed by atoms with Crippen molar-refractivity contribution in [2.75, 3.05) is 6.54 Å². The van der Waals surface area contributed by atoms with Crippen molar-refractivity contribution >= 4 is 41.3 Å². The van der Waals surface area contributed by atoms with Crippen LogP contribution in [0.5, 0.6) is 0 Å². The molecule has 3 heterocycles. The van der Waals surface area contributed by atoms with Crippen LogP contribution in [-0.4, -0.2) is 21.1 Å². The Morgan fingerprint density at radius 2 is 2.16 bits per heavy atom. The Morgan fingerprint density at radius 3 is 2.84 bits per heavy atom. The third-order valence-electron chi connectivity index (χ3n) is 3.39. The van der Waals surface area contributed by atoms with Gasteiger partial charge in [0.15, 0.2) is 5.65 Å². The van der Waals surface area contributed by atoms with Crippen LogP contribution in [0.25, 0.3) is 5.65 Å². The average molecular weight is 322 g/mol. The monoisotopic (exact) mass is 320 g/mol. The molecule has 1 fully saturated rings. The molecule has 0 spiro atoms. The Kier molecular flexibility index (Phi) is 4.56. The maximum Gasteiger partial charge on any atom is 0.158 e. The predicted octanol–water partition coefficient (Wildman–Crippen LogP) is 3.58. The quantitative estimate of drug-likeness (QED) is 0.816. The summed E-state index contributed by atoms with van der Waals surface area (Å²) >= 11 is 12.3. The van der Waals surface area contributed by atoms with Crippen molar-refractivity contribution < 1.29 is 0 Å². The van der Waals surface area contributed by atoms with E-state index in [0.29, 0.717) is 22.0 Å². The second-order valence-corrected chi connectivity index (χ2v) is 5.38. The number of aromatic nitrogens is 3. The fourth-order valence-electron chi connectivity index (χ4n) is 2.32. The minimum absolute atomic E-state index is 0. The average Bonchev–Trinajstić information content (AvgIpc) is 2.81. The SMILES string of the molecule is Cc1c(Cl)nc2cc([C@@H]3CCCCN3)nn2c1Cl.Cl. The number of hydrogen-bond acceptors (Lipinski definition) is 3. The molecule has 1 aliphatic heterocycles. The van der Waals surface area contributed by atoms with E-state index in [-0.39, 0.29) is 12.4 Å². The van der Waals surface area contributed by atoms with Gasteiger partial charge in [0.25, 0.3) is 0 Å². The number of hydrogen-bond donors (Lipinski definition) is 1. The van der Waals surface area contributed by atoms with E-state index in [1.165, 1.54) is 12.8 Å². The number of nitrogens with one attached hydrogen (secondary N) is 1. The van der Waals surface area contributed by atoms with Crippen LogP contribution in [0, 0.1) is 6.92 Å². The predicted molar refractivity (Wildman–Crippen MR) is 79.6 cm³/mol. The second-order valence-electron chi connectivity index (χ2n) is 4.66. The maximum absolute atomic E-state index is 6.24. The lowest BCUT2D eigenvalue weighted by Gasteiger charge is -2.21. The first-order chi connectivity index (χ1) is 8.66. The van der Waals surface area contributed by atoms with E-state index in [1.807, 2.05) is 13.0 Å². The minimum Gasteiger partial charge on any atom is -0.309 e. The molecule has 7 heteroatoms. The summed E-state index contributed by atoms with van der Waals surface area (Å²) in [6, 6.07) is 2.26. The molecule has 0 amide bonds. The van der Waals surface area contributed by atoms with Gasteiger partial charge in [-0.3, -0.25) is 0 Å². The standard InChI is InChI=1S/C12H14Cl2N4.ClH/c1-7-11(13)16-10-6-9(17-18(10)12(7)14)8-4-2-3-5-15-8;/h6,8,15H,2-5H2,1H3;1H/t8-;/m0./s1. The van der Waals surface area contributed by atoms with Crippen LogP contribution in [0.2, 0.25) is 10.3 Å². The summed E-state index contributed by atoms with van der Waals surface area (Å²) in [6.45, 7) is 2.89. The molecule has 0 aliphatic carbocycles. The van der Waals surface area contributed by atoms with E-state index in [1.54, 1.807) is 4.52 Å². The van der Waals surface area contributed by atoms with Gasteiger partial charge in [0, 0.05) is 11.6 Å². The molecule has 0 radical (unpaired) electrons. The highest BCUT2D eigenvalue weighted by Crippen LogP contribution is 2.27. The summed E-state index contributed by atoms with van der Waals surface area (Å²) in [5, 5.41) is 8.98. The van der Waals surface area contributed by atoms with Crippen LogP contribution in [0.3, 0.4) is 0 Å². The Labute approximate surface area is 127 Å². The van der Waals surface area contributed by atoms with E-state index >= 15 is 0 Å². The molecule has 0 aromatic carbocycles. The Hall–Kier alpha value is -0.550. The molecule has 3 rings (SSSR count). The fourth-order valence-corrected chi connectivity index (χ4v) is 2.75. The Balaban J connectivity index is 0.00000133. The fraction of sp³-hybridized carbons (Fsp3) is 0.500. The second kappa shape index (κ2) is 5.83. The first-order valence-corrected chi connectivity index (χ1v) is 6.87. The highest BCUT2D eigenvalue weighted by Gasteiger charge is 2.19. The van der Waals surface area contributed by atoms with E-state index in [9.17, 15) is 0 Å². The number of fused-ring (bicyclic) bond motifs is 1. The van der Waals surface area contributed by atoms with Crippen molar-refractivity contribution in [1.82, 2.24) is 19.9 Å². The van der Waals surface area contributed by atoms with Crippen LogP contribution < -0.4 is 5.32 Å². The van der Waals surface area contributed by atoms with Gasteiger partial charge in [-0.2, -0.15) is 5.10 Å². The molecule has 1 atom stereocenters. The summed E-state index contributed by atoms with van der Waals surface area (Å²) in [5.41, 5.74) is 2.46. The van der Waals surface area contributed by atoms with Crippen LogP contribution in [0.1, 0.15) is 36.6 Å². The van der Waals surface area contributed by atoms with E-state index in [2.05, 4.69) is 15.4 Å². The molecule has 4 nitrogen and oxygen atoms in total. The van der Waals surface area contributed by atoms with Gasteiger partial charge >= 0.3 is 0 Å². The van der Waals surface area contributed by atoms with Crippen molar-refractivity contribution in [2.24, 2.45) is 0 Å². The van der Waals surface area contributed by atoms with Crippen molar-refractivity contribution in [2.45, 2.75) is 32.2 Å². The lowest BCUT2D eigenvalue weighted by atomic mass is 10.0.